The van der Waals surface area contributed by atoms with Gasteiger partial charge in [0.15, 0.2) is 0 Å². The predicted octanol–water partition coefficient (Wildman–Crippen LogP) is 0.632. The third kappa shape index (κ3) is 7.32. The summed E-state index contributed by atoms with van der Waals surface area (Å²) >= 11 is 0. The molecule has 35 heavy (non-hydrogen) atoms. The highest BCUT2D eigenvalue weighted by atomic mass is 16.7. The summed E-state index contributed by atoms with van der Waals surface area (Å²) in [5.41, 5.74) is 8.94. The molecular weight excluding hydrogens is 454 g/mol. The van der Waals surface area contributed by atoms with Crippen LogP contribution in [0.3, 0.4) is 0 Å². The van der Waals surface area contributed by atoms with Crippen molar-refractivity contribution in [3.8, 4) is 0 Å². The number of nitrogens with one attached hydrogen (secondary N) is 6. The number of carbonyl (C=O) groups excluding carboxylic acids is 2. The Morgan fingerprint density at radius 2 is 1.86 bits per heavy atom. The van der Waals surface area contributed by atoms with Crippen molar-refractivity contribution in [2.75, 3.05) is 13.1 Å². The molecule has 0 aromatic heterocycles. The van der Waals surface area contributed by atoms with Crippen molar-refractivity contribution in [2.24, 2.45) is 17.8 Å². The second-order valence-electron chi connectivity index (χ2n) is 10.4. The number of hydrazine groups is 1. The number of hydrogen-bond donors (Lipinski definition) is 6. The minimum Gasteiger partial charge on any atom is -0.356 e. The summed E-state index contributed by atoms with van der Waals surface area (Å²) in [6.45, 7) is 1.48. The second-order valence-corrected chi connectivity index (χ2v) is 10.4. The molecular formula is C23H41N7O5. The molecule has 2 aliphatic carbocycles. The molecule has 12 heteroatoms. The van der Waals surface area contributed by atoms with Gasteiger partial charge in [-0.3, -0.25) is 35.3 Å². The fourth-order valence-corrected chi connectivity index (χ4v) is 5.97. The van der Waals surface area contributed by atoms with Gasteiger partial charge in [0.1, 0.15) is 6.23 Å². The minimum atomic E-state index is -0.417. The van der Waals surface area contributed by atoms with Gasteiger partial charge >= 0.3 is 0 Å². The van der Waals surface area contributed by atoms with Crippen LogP contribution in [-0.4, -0.2) is 54.4 Å². The van der Waals surface area contributed by atoms with Crippen LogP contribution >= 0.6 is 0 Å². The molecule has 6 N–H and O–H groups in total. The number of amides is 2. The summed E-state index contributed by atoms with van der Waals surface area (Å²) < 4.78 is 0. The van der Waals surface area contributed by atoms with E-state index in [-0.39, 0.29) is 41.2 Å². The summed E-state index contributed by atoms with van der Waals surface area (Å²) in [7, 11) is 0. The number of fused-ring (bicyclic) bond motifs is 1. The van der Waals surface area contributed by atoms with Crippen LogP contribution in [0.1, 0.15) is 77.0 Å². The van der Waals surface area contributed by atoms with Crippen molar-refractivity contribution in [3.63, 3.8) is 0 Å². The fraction of sp³-hybridized carbons (Fsp3) is 0.913. The van der Waals surface area contributed by atoms with Gasteiger partial charge in [-0.1, -0.05) is 12.8 Å². The molecule has 0 radical (unpaired) electrons. The maximum Gasteiger partial charge on any atom is 0.237 e. The summed E-state index contributed by atoms with van der Waals surface area (Å²) in [4.78, 5) is 40.6. The number of rotatable bonds is 11. The standard InChI is InChI=1S/C23H41N7O5/c31-19(11-12-20-26-21(29-35-20)15-7-9-16(10-8-15)30(33)34)24-13-3-4-14-25-22-17-5-1-2-6-18(17)23(32)28-27-22/h15-18,20-22,25-27,29H,1-14H2,(H,24,31)(H,28,32). The van der Waals surface area contributed by atoms with Crippen molar-refractivity contribution in [2.45, 2.75) is 102 Å². The molecule has 0 aromatic rings. The third-order valence-electron chi connectivity index (χ3n) is 8.07. The maximum atomic E-state index is 12.2. The summed E-state index contributed by atoms with van der Waals surface area (Å²) in [5.74, 6) is 0.922. The first-order valence-electron chi connectivity index (χ1n) is 13.4. The Kier molecular flexibility index (Phi) is 9.67. The maximum absolute atomic E-state index is 12.2. The highest BCUT2D eigenvalue weighted by Gasteiger charge is 2.39. The van der Waals surface area contributed by atoms with Crippen LogP contribution in [0.25, 0.3) is 0 Å². The minimum absolute atomic E-state index is 0.0139. The van der Waals surface area contributed by atoms with Gasteiger partial charge in [0.2, 0.25) is 17.9 Å². The summed E-state index contributed by atoms with van der Waals surface area (Å²) in [6, 6.07) is -0.417. The van der Waals surface area contributed by atoms with E-state index in [1.54, 1.807) is 0 Å². The molecule has 2 heterocycles. The lowest BCUT2D eigenvalue weighted by atomic mass is 9.76. The normalized spacial score (nSPS) is 35.2. The van der Waals surface area contributed by atoms with Crippen LogP contribution in [0.2, 0.25) is 0 Å². The van der Waals surface area contributed by atoms with E-state index < -0.39 is 6.04 Å². The van der Waals surface area contributed by atoms with E-state index in [2.05, 4.69) is 32.3 Å². The van der Waals surface area contributed by atoms with E-state index in [9.17, 15) is 19.7 Å². The second kappa shape index (κ2) is 12.9. The van der Waals surface area contributed by atoms with E-state index in [4.69, 9.17) is 4.84 Å². The monoisotopic (exact) mass is 495 g/mol. The van der Waals surface area contributed by atoms with Gasteiger partial charge in [-0.15, -0.1) is 0 Å². The van der Waals surface area contributed by atoms with E-state index in [0.29, 0.717) is 44.1 Å². The van der Waals surface area contributed by atoms with Crippen molar-refractivity contribution in [3.05, 3.63) is 10.1 Å². The lowest BCUT2D eigenvalue weighted by molar-refractivity contribution is -0.527. The fourth-order valence-electron chi connectivity index (χ4n) is 5.97. The lowest BCUT2D eigenvalue weighted by Gasteiger charge is -2.41. The topological polar surface area (TPSA) is 159 Å². The van der Waals surface area contributed by atoms with Crippen LogP contribution in [0, 0.1) is 27.9 Å². The molecule has 2 saturated carbocycles. The SMILES string of the molecule is O=C(CCC1NC(C2CCC([N+](=O)[O-])CC2)NO1)NCCCCNC1NNC(=O)C2CCCCC12. The predicted molar refractivity (Wildman–Crippen MR) is 128 cm³/mol. The Labute approximate surface area is 206 Å². The first-order valence-corrected chi connectivity index (χ1v) is 13.4. The molecule has 198 valence electrons. The summed E-state index contributed by atoms with van der Waals surface area (Å²) in [5, 5.41) is 20.8. The van der Waals surface area contributed by atoms with Gasteiger partial charge in [-0.25, -0.2) is 5.43 Å². The zero-order valence-electron chi connectivity index (χ0n) is 20.4. The van der Waals surface area contributed by atoms with Gasteiger partial charge in [-0.2, -0.15) is 5.48 Å². The number of nitrogens with zero attached hydrogens (tertiary/aromatic N) is 1. The highest BCUT2D eigenvalue weighted by Crippen LogP contribution is 2.33. The lowest BCUT2D eigenvalue weighted by Crippen LogP contribution is -2.64. The van der Waals surface area contributed by atoms with Crippen LogP contribution in [0.4, 0.5) is 0 Å². The molecule has 2 saturated heterocycles. The van der Waals surface area contributed by atoms with Crippen molar-refractivity contribution >= 4 is 11.8 Å². The number of nitro groups is 1. The summed E-state index contributed by atoms with van der Waals surface area (Å²) in [6.07, 6.45) is 9.85. The quantitative estimate of drug-likeness (QED) is 0.137. The van der Waals surface area contributed by atoms with E-state index >= 15 is 0 Å². The van der Waals surface area contributed by atoms with Crippen molar-refractivity contribution < 1.29 is 19.3 Å². The van der Waals surface area contributed by atoms with Gasteiger partial charge in [0, 0.05) is 42.6 Å². The Bertz CT molecular complexity index is 733. The van der Waals surface area contributed by atoms with Gasteiger partial charge < -0.3 is 10.6 Å². The van der Waals surface area contributed by atoms with Crippen molar-refractivity contribution in [1.29, 1.82) is 0 Å². The highest BCUT2D eigenvalue weighted by molar-refractivity contribution is 5.79. The average molecular weight is 496 g/mol. The molecule has 4 rings (SSSR count). The van der Waals surface area contributed by atoms with Crippen molar-refractivity contribution in [1.82, 2.24) is 32.3 Å². The molecule has 4 fully saturated rings. The van der Waals surface area contributed by atoms with Gasteiger partial charge in [0.25, 0.3) is 0 Å². The van der Waals surface area contributed by atoms with E-state index in [1.807, 2.05) is 0 Å². The first kappa shape index (κ1) is 26.2. The molecule has 12 nitrogen and oxygen atoms in total. The van der Waals surface area contributed by atoms with E-state index in [1.165, 1.54) is 6.42 Å². The zero-order chi connectivity index (χ0) is 24.6. The molecule has 0 spiro atoms. The van der Waals surface area contributed by atoms with Crippen LogP contribution in [0.5, 0.6) is 0 Å². The van der Waals surface area contributed by atoms with Gasteiger partial charge in [0.05, 0.1) is 12.3 Å². The Morgan fingerprint density at radius 3 is 2.66 bits per heavy atom. The molecule has 0 bridgehead atoms. The Morgan fingerprint density at radius 1 is 1.09 bits per heavy atom. The Hall–Kier alpha value is -1.86. The zero-order valence-corrected chi connectivity index (χ0v) is 20.4. The Balaban J connectivity index is 1.02. The van der Waals surface area contributed by atoms with Crippen LogP contribution < -0.4 is 32.3 Å². The van der Waals surface area contributed by atoms with E-state index in [0.717, 1.165) is 51.5 Å². The molecule has 2 aliphatic heterocycles. The van der Waals surface area contributed by atoms with Crippen LogP contribution in [0.15, 0.2) is 0 Å². The smallest absolute Gasteiger partial charge is 0.237 e. The average Bonchev–Trinajstić information content (AvgIpc) is 3.35. The number of hydrogen-bond acceptors (Lipinski definition) is 9. The van der Waals surface area contributed by atoms with Crippen LogP contribution in [-0.2, 0) is 14.4 Å². The molecule has 5 unspecified atom stereocenters. The third-order valence-corrected chi connectivity index (χ3v) is 8.07. The molecule has 2 amide bonds. The largest absolute Gasteiger partial charge is 0.356 e. The van der Waals surface area contributed by atoms with Gasteiger partial charge in [-0.05, 0) is 57.4 Å². The molecule has 0 aromatic carbocycles. The number of unbranched alkanes of at least 4 members (excludes halogenated alkanes) is 1. The number of hydroxylamine groups is 1. The molecule has 5 atom stereocenters. The first-order chi connectivity index (χ1) is 17.0. The number of carbonyl (C=O) groups is 2. The molecule has 4 aliphatic rings.